The standard InChI is InChI=1S/2C25H25F6.C2H6Si.2ClH.Zr/c2*1-5-6-7-15-10-16-8-9-21(23(2,3)4)22(20(16)11-15)17-12-18(24(26,27)28)14-19(13-17)25(29,30)31;1-3-2;;;/h2*8-14H,5-7H2,1-4H3;1-2H3;2*1H;/q2*-1;;;;+4/p-2. The van der Waals surface area contributed by atoms with Gasteiger partial charge >= 0.3 is 62.6 Å². The molecule has 6 rings (SSSR count). The summed E-state index contributed by atoms with van der Waals surface area (Å²) in [5.74, 6) is 0. The summed E-state index contributed by atoms with van der Waals surface area (Å²) in [4.78, 5) is 0. The summed E-state index contributed by atoms with van der Waals surface area (Å²) in [6.07, 6.45) is -14.0. The third-order valence-corrected chi connectivity index (χ3v) is 10.9. The number of halogens is 14. The van der Waals surface area contributed by atoms with Crippen LogP contribution in [0.5, 0.6) is 0 Å². The van der Waals surface area contributed by atoms with Gasteiger partial charge < -0.3 is 0 Å². The van der Waals surface area contributed by atoms with E-state index < -0.39 is 78.6 Å². The van der Waals surface area contributed by atoms with Crippen LogP contribution in [0, 0.1) is 0 Å². The topological polar surface area (TPSA) is 0 Å². The molecule has 0 aliphatic rings. The number of benzene rings is 4. The van der Waals surface area contributed by atoms with Crippen LogP contribution < -0.4 is 0 Å². The van der Waals surface area contributed by atoms with Gasteiger partial charge in [0.25, 0.3) is 0 Å². The van der Waals surface area contributed by atoms with Crippen molar-refractivity contribution < 1.29 is 73.5 Å². The normalized spacial score (nSPS) is 12.5. The predicted molar refractivity (Wildman–Crippen MR) is 254 cm³/mol. The van der Waals surface area contributed by atoms with Gasteiger partial charge in [-0.25, -0.2) is 0 Å². The second-order valence-electron chi connectivity index (χ2n) is 18.6. The Kier molecular flexibility index (Phi) is 20.8. The first-order chi connectivity index (χ1) is 31.3. The molecule has 0 amide bonds. The van der Waals surface area contributed by atoms with E-state index in [4.69, 9.17) is 17.0 Å². The molecule has 0 atom stereocenters. The molecule has 6 aromatic rings. The third kappa shape index (κ3) is 16.0. The minimum absolute atomic E-state index is 0.0645. The zero-order valence-corrected chi connectivity index (χ0v) is 44.6. The maximum absolute atomic E-state index is 13.5. The van der Waals surface area contributed by atoms with Crippen molar-refractivity contribution in [3.05, 3.63) is 129 Å². The molecule has 16 heteroatoms. The van der Waals surface area contributed by atoms with E-state index in [2.05, 4.69) is 26.9 Å². The summed E-state index contributed by atoms with van der Waals surface area (Å²) in [6, 6.07) is 18.9. The number of rotatable bonds is 8. The summed E-state index contributed by atoms with van der Waals surface area (Å²) in [5.41, 5.74) is -1.92. The number of aryl methyl sites for hydroxylation is 2. The second-order valence-corrected chi connectivity index (χ2v) is 23.3. The minimum atomic E-state index is -4.88. The Hall–Kier alpha value is -3.06. The van der Waals surface area contributed by atoms with E-state index in [0.29, 0.717) is 33.0 Å². The van der Waals surface area contributed by atoms with Gasteiger partial charge in [0.15, 0.2) is 0 Å². The van der Waals surface area contributed by atoms with Crippen LogP contribution in [0.3, 0.4) is 0 Å². The Morgan fingerprint density at radius 2 is 0.735 bits per heavy atom. The quantitative estimate of drug-likeness (QED) is 0.0809. The SMILES string of the molecule is CCCCc1cc2c(-c3cc(C(F)(F)F)cc(C(F)(F)F)c3)c(C(C)(C)C)ccc2[cH-]1.CCCCc1cc2c(-c3cc(C(F)(F)F)cc(C(F)(F)F)c3)c(C(C)(C)C)ccc2[cH-]1.C[Si]C.[Cl][Zr+2][Cl]. The molecule has 0 N–H and O–H groups in total. The Labute approximate surface area is 413 Å². The summed E-state index contributed by atoms with van der Waals surface area (Å²) >= 11 is -0.826. The van der Waals surface area contributed by atoms with Crippen molar-refractivity contribution in [2.75, 3.05) is 0 Å². The molecule has 0 aliphatic carbocycles. The molecular formula is C52H56Cl2F12SiZr. The number of alkyl halides is 12. The van der Waals surface area contributed by atoms with Crippen LogP contribution in [-0.4, -0.2) is 9.52 Å². The van der Waals surface area contributed by atoms with Crippen LogP contribution in [0.2, 0.25) is 13.1 Å². The molecule has 0 saturated heterocycles. The van der Waals surface area contributed by atoms with Gasteiger partial charge in [-0.15, -0.1) is 69.1 Å². The van der Waals surface area contributed by atoms with Gasteiger partial charge in [-0.2, -0.15) is 64.8 Å². The van der Waals surface area contributed by atoms with Gasteiger partial charge in [-0.1, -0.05) is 116 Å². The van der Waals surface area contributed by atoms with Gasteiger partial charge in [-0.3, -0.25) is 0 Å². The molecule has 0 heterocycles. The zero-order chi connectivity index (χ0) is 51.8. The van der Waals surface area contributed by atoms with Gasteiger partial charge in [-0.05, 0) is 71.2 Å². The molecule has 0 aliphatic heterocycles. The van der Waals surface area contributed by atoms with Crippen molar-refractivity contribution in [1.29, 1.82) is 0 Å². The van der Waals surface area contributed by atoms with Gasteiger partial charge in [0, 0.05) is 9.52 Å². The van der Waals surface area contributed by atoms with Crippen LogP contribution in [0.15, 0.2) is 84.9 Å². The van der Waals surface area contributed by atoms with Crippen molar-refractivity contribution in [2.45, 2.75) is 143 Å². The predicted octanol–water partition coefficient (Wildman–Crippen LogP) is 20.0. The molecule has 0 bridgehead atoms. The molecule has 68 heavy (non-hydrogen) atoms. The number of unbranched alkanes of at least 4 members (excludes halogenated alkanes) is 2. The van der Waals surface area contributed by atoms with E-state index in [1.165, 1.54) is 0 Å². The molecule has 0 spiro atoms. The molecule has 0 unspecified atom stereocenters. The molecule has 0 saturated carbocycles. The van der Waals surface area contributed by atoms with Crippen molar-refractivity contribution in [2.24, 2.45) is 0 Å². The van der Waals surface area contributed by atoms with Crippen LogP contribution in [0.25, 0.3) is 43.8 Å². The molecule has 0 aromatic heterocycles. The van der Waals surface area contributed by atoms with E-state index >= 15 is 0 Å². The van der Waals surface area contributed by atoms with E-state index in [1.54, 1.807) is 0 Å². The van der Waals surface area contributed by atoms with Crippen LogP contribution >= 0.6 is 17.0 Å². The first kappa shape index (κ1) is 59.2. The fraction of sp³-hybridized carbons (Fsp3) is 0.423. The molecule has 6 aromatic carbocycles. The van der Waals surface area contributed by atoms with E-state index in [0.717, 1.165) is 94.2 Å². The van der Waals surface area contributed by atoms with Gasteiger partial charge in [0.1, 0.15) is 0 Å². The Bertz CT molecular complexity index is 2320. The average Bonchev–Trinajstić information content (AvgIpc) is 3.84. The van der Waals surface area contributed by atoms with Crippen LogP contribution in [-0.2, 0) is 69.2 Å². The Morgan fingerprint density at radius 3 is 0.956 bits per heavy atom. The first-order valence-electron chi connectivity index (χ1n) is 21.9. The van der Waals surface area contributed by atoms with Gasteiger partial charge in [0.2, 0.25) is 0 Å². The van der Waals surface area contributed by atoms with E-state index in [1.807, 2.05) is 90.1 Å². The molecule has 2 radical (unpaired) electrons. The number of fused-ring (bicyclic) bond motifs is 2. The van der Waals surface area contributed by atoms with Crippen molar-refractivity contribution in [1.82, 2.24) is 0 Å². The second kappa shape index (κ2) is 23.9. The van der Waals surface area contributed by atoms with Gasteiger partial charge in [0.05, 0.1) is 22.3 Å². The number of hydrogen-bond acceptors (Lipinski definition) is 0. The summed E-state index contributed by atoms with van der Waals surface area (Å²) < 4.78 is 162. The summed E-state index contributed by atoms with van der Waals surface area (Å²) in [7, 11) is 11.0. The molecule has 0 nitrogen and oxygen atoms in total. The molecule has 0 fully saturated rings. The molecule has 370 valence electrons. The van der Waals surface area contributed by atoms with Crippen LogP contribution in [0.4, 0.5) is 52.7 Å². The maximum atomic E-state index is 13.5. The fourth-order valence-electron chi connectivity index (χ4n) is 7.81. The fourth-order valence-corrected chi connectivity index (χ4v) is 7.81. The Balaban J connectivity index is 0.000000323. The number of hydrogen-bond donors (Lipinski definition) is 0. The van der Waals surface area contributed by atoms with E-state index in [9.17, 15) is 52.7 Å². The summed E-state index contributed by atoms with van der Waals surface area (Å²) in [6.45, 7) is 19.8. The zero-order valence-electron chi connectivity index (χ0n) is 39.6. The van der Waals surface area contributed by atoms with Crippen LogP contribution in [0.1, 0.15) is 126 Å². The average molecular weight is 1100 g/mol. The van der Waals surface area contributed by atoms with Crippen molar-refractivity contribution >= 4 is 48.1 Å². The first-order valence-corrected chi connectivity index (χ1v) is 30.2. The van der Waals surface area contributed by atoms with Crippen molar-refractivity contribution in [3.63, 3.8) is 0 Å². The monoisotopic (exact) mass is 1100 g/mol. The third-order valence-electron chi connectivity index (χ3n) is 10.9. The Morgan fingerprint density at radius 1 is 0.471 bits per heavy atom. The van der Waals surface area contributed by atoms with E-state index in [-0.39, 0.29) is 23.3 Å². The summed E-state index contributed by atoms with van der Waals surface area (Å²) in [5, 5.41) is 3.01. The molecular weight excluding hydrogens is 1040 g/mol. The van der Waals surface area contributed by atoms with Crippen molar-refractivity contribution in [3.8, 4) is 22.3 Å².